The quantitative estimate of drug-likeness (QED) is 0.378. The molecular formula is C20H23N4O4S+. The molecule has 0 radical (unpaired) electrons. The van der Waals surface area contributed by atoms with Crippen molar-refractivity contribution in [3.05, 3.63) is 62.0 Å². The first kappa shape index (κ1) is 20.7. The van der Waals surface area contributed by atoms with Gasteiger partial charge in [-0.25, -0.2) is 0 Å². The van der Waals surface area contributed by atoms with Crippen molar-refractivity contribution >= 4 is 39.9 Å². The molecule has 4 N–H and O–H groups in total. The molecule has 29 heavy (non-hydrogen) atoms. The number of hydrogen-bond acceptors (Lipinski definition) is 5. The minimum Gasteiger partial charge on any atom is -0.365 e. The second-order valence-corrected chi connectivity index (χ2v) is 8.34. The molecule has 3 rings (SSSR count). The van der Waals surface area contributed by atoms with Gasteiger partial charge in [0.05, 0.1) is 28.0 Å². The number of nitrogens with zero attached hydrogens (tertiary/aromatic N) is 1. The van der Waals surface area contributed by atoms with Crippen LogP contribution in [0, 0.1) is 10.1 Å². The normalized spacial score (nSPS) is 16.0. The van der Waals surface area contributed by atoms with Crippen LogP contribution in [-0.4, -0.2) is 29.3 Å². The van der Waals surface area contributed by atoms with Crippen LogP contribution in [-0.2, 0) is 17.8 Å². The zero-order chi connectivity index (χ0) is 21.1. The first-order valence-electron chi connectivity index (χ1n) is 9.28. The Morgan fingerprint density at radius 2 is 2.14 bits per heavy atom. The SMILES string of the molecule is CC(C)[NH+]1CCc2c(sc(NC(=O)C=Cc3cccc([N+](=O)[O-])c3)c2C(N)=O)C1. The zero-order valence-electron chi connectivity index (χ0n) is 16.2. The van der Waals surface area contributed by atoms with E-state index in [2.05, 4.69) is 19.2 Å². The Balaban J connectivity index is 1.79. The van der Waals surface area contributed by atoms with E-state index in [9.17, 15) is 19.7 Å². The van der Waals surface area contributed by atoms with E-state index in [-0.39, 0.29) is 5.69 Å². The minimum absolute atomic E-state index is 0.0493. The number of nitrogens with one attached hydrogen (secondary N) is 2. The Hall–Kier alpha value is -3.04. The predicted molar refractivity (Wildman–Crippen MR) is 112 cm³/mol. The molecule has 0 spiro atoms. The summed E-state index contributed by atoms with van der Waals surface area (Å²) >= 11 is 1.39. The van der Waals surface area contributed by atoms with Gasteiger partial charge in [-0.05, 0) is 31.1 Å². The molecule has 2 aromatic rings. The Labute approximate surface area is 172 Å². The third-order valence-electron chi connectivity index (χ3n) is 4.98. The summed E-state index contributed by atoms with van der Waals surface area (Å²) in [6.45, 7) is 6.04. The van der Waals surface area contributed by atoms with Crippen molar-refractivity contribution in [3.8, 4) is 0 Å². The van der Waals surface area contributed by atoms with Gasteiger partial charge in [-0.3, -0.25) is 19.7 Å². The molecule has 1 aromatic heterocycles. The zero-order valence-corrected chi connectivity index (χ0v) is 17.0. The van der Waals surface area contributed by atoms with Gasteiger partial charge < -0.3 is 16.0 Å². The van der Waals surface area contributed by atoms with E-state index in [1.165, 1.54) is 40.5 Å². The third kappa shape index (κ3) is 4.69. The number of carbonyl (C=O) groups excluding carboxylic acids is 2. The molecule has 2 heterocycles. The number of rotatable bonds is 6. The summed E-state index contributed by atoms with van der Waals surface area (Å²) in [6, 6.07) is 6.45. The molecule has 1 atom stereocenters. The lowest BCUT2D eigenvalue weighted by Gasteiger charge is -2.27. The van der Waals surface area contributed by atoms with Crippen molar-refractivity contribution in [1.29, 1.82) is 0 Å². The highest BCUT2D eigenvalue weighted by molar-refractivity contribution is 7.17. The second-order valence-electron chi connectivity index (χ2n) is 7.24. The van der Waals surface area contributed by atoms with Crippen LogP contribution in [0.4, 0.5) is 10.7 Å². The number of nitrogens with two attached hydrogens (primary N) is 1. The molecular weight excluding hydrogens is 392 g/mol. The molecule has 0 saturated heterocycles. The highest BCUT2D eigenvalue weighted by atomic mass is 32.1. The van der Waals surface area contributed by atoms with Crippen LogP contribution >= 0.6 is 11.3 Å². The summed E-state index contributed by atoms with van der Waals surface area (Å²) in [5.74, 6) is -0.973. The smallest absolute Gasteiger partial charge is 0.270 e. The van der Waals surface area contributed by atoms with Gasteiger partial charge in [0.1, 0.15) is 11.5 Å². The average molecular weight is 415 g/mol. The van der Waals surface area contributed by atoms with E-state index in [0.717, 1.165) is 30.0 Å². The molecule has 1 unspecified atom stereocenters. The highest BCUT2D eigenvalue weighted by Gasteiger charge is 2.30. The Morgan fingerprint density at radius 1 is 1.38 bits per heavy atom. The van der Waals surface area contributed by atoms with Crippen molar-refractivity contribution in [1.82, 2.24) is 0 Å². The summed E-state index contributed by atoms with van der Waals surface area (Å²) in [5, 5.41) is 14.1. The van der Waals surface area contributed by atoms with Crippen molar-refractivity contribution in [2.24, 2.45) is 5.73 Å². The number of amides is 2. The summed E-state index contributed by atoms with van der Waals surface area (Å²) in [7, 11) is 0. The maximum atomic E-state index is 12.4. The fraction of sp³-hybridized carbons (Fsp3) is 0.300. The second kappa shape index (κ2) is 8.54. The highest BCUT2D eigenvalue weighted by Crippen LogP contribution is 2.34. The minimum atomic E-state index is -0.548. The van der Waals surface area contributed by atoms with Gasteiger partial charge in [0.25, 0.3) is 11.6 Å². The lowest BCUT2D eigenvalue weighted by atomic mass is 10.0. The number of non-ortho nitro benzene ring substituents is 1. The summed E-state index contributed by atoms with van der Waals surface area (Å²) in [4.78, 5) is 37.3. The van der Waals surface area contributed by atoms with Crippen LogP contribution in [0.3, 0.4) is 0 Å². The lowest BCUT2D eigenvalue weighted by Crippen LogP contribution is -3.14. The number of primary amides is 1. The van der Waals surface area contributed by atoms with Crippen LogP contribution in [0.25, 0.3) is 6.08 Å². The number of nitro benzene ring substituents is 1. The van der Waals surface area contributed by atoms with Crippen LogP contribution in [0.2, 0.25) is 0 Å². The molecule has 0 saturated carbocycles. The van der Waals surface area contributed by atoms with E-state index in [0.29, 0.717) is 22.2 Å². The summed E-state index contributed by atoms with van der Waals surface area (Å²) in [5.41, 5.74) is 7.40. The first-order chi connectivity index (χ1) is 13.8. The maximum absolute atomic E-state index is 12.4. The average Bonchev–Trinajstić information content (AvgIpc) is 3.03. The van der Waals surface area contributed by atoms with E-state index in [1.807, 2.05) is 0 Å². The molecule has 1 aliphatic heterocycles. The largest absolute Gasteiger partial charge is 0.365 e. The molecule has 0 fully saturated rings. The number of benzene rings is 1. The molecule has 0 aliphatic carbocycles. The van der Waals surface area contributed by atoms with Crippen molar-refractivity contribution < 1.29 is 19.4 Å². The van der Waals surface area contributed by atoms with Gasteiger partial charge in [-0.2, -0.15) is 0 Å². The molecule has 8 nitrogen and oxygen atoms in total. The van der Waals surface area contributed by atoms with Gasteiger partial charge in [0.15, 0.2) is 0 Å². The molecule has 1 aromatic carbocycles. The Morgan fingerprint density at radius 3 is 2.79 bits per heavy atom. The summed E-state index contributed by atoms with van der Waals surface area (Å²) in [6.07, 6.45) is 3.52. The maximum Gasteiger partial charge on any atom is 0.270 e. The van der Waals surface area contributed by atoms with E-state index >= 15 is 0 Å². The topological polar surface area (TPSA) is 120 Å². The fourth-order valence-corrected chi connectivity index (χ4v) is 4.72. The number of thiophene rings is 1. The standard InChI is InChI=1S/C20H22N4O4S/c1-12(2)23-9-8-15-16(11-23)29-20(18(15)19(21)26)22-17(25)7-6-13-4-3-5-14(10-13)24(27)28/h3-7,10,12H,8-9,11H2,1-2H3,(H2,21,26)(H,22,25)/p+1. The van der Waals surface area contributed by atoms with Gasteiger partial charge in [-0.15, -0.1) is 11.3 Å². The number of quaternary nitrogens is 1. The van der Waals surface area contributed by atoms with E-state index in [4.69, 9.17) is 5.73 Å². The molecule has 152 valence electrons. The Bertz CT molecular complexity index is 996. The third-order valence-corrected chi connectivity index (χ3v) is 6.13. The van der Waals surface area contributed by atoms with E-state index in [1.54, 1.807) is 12.1 Å². The Kier molecular flexibility index (Phi) is 6.09. The molecule has 9 heteroatoms. The van der Waals surface area contributed by atoms with Crippen LogP contribution in [0.15, 0.2) is 30.3 Å². The molecule has 1 aliphatic rings. The van der Waals surface area contributed by atoms with E-state index < -0.39 is 16.7 Å². The number of fused-ring (bicyclic) bond motifs is 1. The fourth-order valence-electron chi connectivity index (χ4n) is 3.41. The number of hydrogen-bond donors (Lipinski definition) is 3. The lowest BCUT2D eigenvalue weighted by molar-refractivity contribution is -0.936. The van der Waals surface area contributed by atoms with Crippen LogP contribution < -0.4 is 16.0 Å². The van der Waals surface area contributed by atoms with Gasteiger partial charge in [-0.1, -0.05) is 12.1 Å². The van der Waals surface area contributed by atoms with Crippen LogP contribution in [0.1, 0.15) is 40.2 Å². The predicted octanol–water partition coefficient (Wildman–Crippen LogP) is 1.76. The van der Waals surface area contributed by atoms with Gasteiger partial charge in [0.2, 0.25) is 5.91 Å². The first-order valence-corrected chi connectivity index (χ1v) is 10.1. The number of nitro groups is 1. The molecule has 2 amide bonds. The van der Waals surface area contributed by atoms with Crippen LogP contribution in [0.5, 0.6) is 0 Å². The van der Waals surface area contributed by atoms with Crippen molar-refractivity contribution in [2.45, 2.75) is 32.9 Å². The van der Waals surface area contributed by atoms with Gasteiger partial charge in [0, 0.05) is 24.6 Å². The van der Waals surface area contributed by atoms with Gasteiger partial charge >= 0.3 is 0 Å². The number of anilines is 1. The van der Waals surface area contributed by atoms with Crippen molar-refractivity contribution in [3.63, 3.8) is 0 Å². The molecule has 0 bridgehead atoms. The summed E-state index contributed by atoms with van der Waals surface area (Å²) < 4.78 is 0. The van der Waals surface area contributed by atoms with Crippen molar-refractivity contribution in [2.75, 3.05) is 11.9 Å². The number of carbonyl (C=O) groups is 2. The monoisotopic (exact) mass is 415 g/mol.